The molecule has 0 saturated heterocycles. The van der Waals surface area contributed by atoms with E-state index in [0.29, 0.717) is 17.0 Å². The van der Waals surface area contributed by atoms with Crippen LogP contribution in [0.2, 0.25) is 0 Å². The van der Waals surface area contributed by atoms with Crippen LogP contribution in [0.15, 0.2) is 0 Å². The monoisotopic (exact) mass is 273 g/mol. The predicted molar refractivity (Wildman–Crippen MR) is 60.5 cm³/mol. The highest BCUT2D eigenvalue weighted by atomic mass is 19.4. The van der Waals surface area contributed by atoms with Crippen LogP contribution >= 0.6 is 0 Å². The van der Waals surface area contributed by atoms with E-state index in [0.717, 1.165) is 0 Å². The van der Waals surface area contributed by atoms with E-state index in [1.807, 2.05) is 0 Å². The Morgan fingerprint density at radius 3 is 2.37 bits per heavy atom. The largest absolute Gasteiger partial charge is 0.471 e. The second kappa shape index (κ2) is 4.18. The average molecular weight is 273 g/mol. The molecule has 2 rings (SSSR count). The van der Waals surface area contributed by atoms with Gasteiger partial charge in [-0.15, -0.1) is 0 Å². The average Bonchev–Trinajstić information content (AvgIpc) is 2.56. The summed E-state index contributed by atoms with van der Waals surface area (Å²) in [6, 6.07) is 0. The van der Waals surface area contributed by atoms with E-state index >= 15 is 0 Å². The SMILES string of the molecule is Cc1nc2c(NC(=O)C(F)(F)F)nn(C)c2nc1C. The molecular formula is C10H10F3N5O. The number of aryl methyl sites for hydroxylation is 3. The number of nitrogens with one attached hydrogen (secondary N) is 1. The van der Waals surface area contributed by atoms with E-state index in [2.05, 4.69) is 15.1 Å². The van der Waals surface area contributed by atoms with Crippen LogP contribution in [0.3, 0.4) is 0 Å². The highest BCUT2D eigenvalue weighted by molar-refractivity contribution is 5.99. The van der Waals surface area contributed by atoms with Crippen LogP contribution in [0.4, 0.5) is 19.0 Å². The van der Waals surface area contributed by atoms with Crippen molar-refractivity contribution in [1.29, 1.82) is 0 Å². The summed E-state index contributed by atoms with van der Waals surface area (Å²) in [6.45, 7) is 3.40. The first-order valence-corrected chi connectivity index (χ1v) is 5.26. The fourth-order valence-electron chi connectivity index (χ4n) is 1.48. The normalized spacial score (nSPS) is 11.9. The van der Waals surface area contributed by atoms with Gasteiger partial charge in [0.25, 0.3) is 0 Å². The Hall–Kier alpha value is -2.19. The molecule has 0 aliphatic heterocycles. The lowest BCUT2D eigenvalue weighted by Crippen LogP contribution is -2.30. The lowest BCUT2D eigenvalue weighted by molar-refractivity contribution is -0.167. The van der Waals surface area contributed by atoms with Crippen molar-refractivity contribution in [3.63, 3.8) is 0 Å². The third kappa shape index (κ3) is 2.35. The molecule has 1 N–H and O–H groups in total. The second-order valence-electron chi connectivity index (χ2n) is 3.99. The number of hydrogen-bond acceptors (Lipinski definition) is 4. The first-order valence-electron chi connectivity index (χ1n) is 5.26. The summed E-state index contributed by atoms with van der Waals surface area (Å²) in [5.74, 6) is -2.34. The predicted octanol–water partition coefficient (Wildman–Crippen LogP) is 1.48. The molecule has 0 aliphatic carbocycles. The molecular weight excluding hydrogens is 263 g/mol. The van der Waals surface area contributed by atoms with Crippen molar-refractivity contribution in [2.45, 2.75) is 20.0 Å². The van der Waals surface area contributed by atoms with Crippen molar-refractivity contribution >= 4 is 22.9 Å². The molecule has 2 aromatic rings. The summed E-state index contributed by atoms with van der Waals surface area (Å²) in [5.41, 5.74) is 1.64. The minimum atomic E-state index is -4.98. The number of hydrogen-bond donors (Lipinski definition) is 1. The van der Waals surface area contributed by atoms with Gasteiger partial charge in [0, 0.05) is 7.05 Å². The van der Waals surface area contributed by atoms with Gasteiger partial charge in [0.2, 0.25) is 0 Å². The number of aromatic nitrogens is 4. The maximum absolute atomic E-state index is 12.2. The molecule has 0 saturated carbocycles. The maximum Gasteiger partial charge on any atom is 0.471 e. The van der Waals surface area contributed by atoms with Gasteiger partial charge in [0.1, 0.15) is 0 Å². The molecule has 6 nitrogen and oxygen atoms in total. The molecule has 0 radical (unpaired) electrons. The van der Waals surface area contributed by atoms with Crippen LogP contribution in [-0.2, 0) is 11.8 Å². The second-order valence-corrected chi connectivity index (χ2v) is 3.99. The zero-order valence-electron chi connectivity index (χ0n) is 10.3. The molecule has 0 bridgehead atoms. The number of rotatable bonds is 1. The van der Waals surface area contributed by atoms with Crippen molar-refractivity contribution < 1.29 is 18.0 Å². The Kier molecular flexibility index (Phi) is 2.91. The number of carbonyl (C=O) groups excluding carboxylic acids is 1. The third-order valence-electron chi connectivity index (χ3n) is 2.56. The molecule has 0 atom stereocenters. The highest BCUT2D eigenvalue weighted by Crippen LogP contribution is 2.23. The lowest BCUT2D eigenvalue weighted by Gasteiger charge is -2.05. The quantitative estimate of drug-likeness (QED) is 0.854. The Morgan fingerprint density at radius 1 is 1.21 bits per heavy atom. The molecule has 0 unspecified atom stereocenters. The van der Waals surface area contributed by atoms with Crippen molar-refractivity contribution in [2.24, 2.45) is 7.05 Å². The van der Waals surface area contributed by atoms with Crippen LogP contribution in [0, 0.1) is 13.8 Å². The minimum absolute atomic E-state index is 0.128. The van der Waals surface area contributed by atoms with Crippen LogP contribution in [0.5, 0.6) is 0 Å². The number of nitrogens with zero attached hydrogens (tertiary/aromatic N) is 4. The summed E-state index contributed by atoms with van der Waals surface area (Å²) in [4.78, 5) is 19.2. The molecule has 2 aromatic heterocycles. The molecule has 0 spiro atoms. The number of halogens is 3. The standard InChI is InChI=1S/C10H10F3N5O/c1-4-5(2)15-8-6(14-4)7(17-18(8)3)16-9(19)10(11,12)13/h1-3H3,(H,16,17,19). The molecule has 19 heavy (non-hydrogen) atoms. The Balaban J connectivity index is 2.51. The maximum atomic E-state index is 12.2. The minimum Gasteiger partial charge on any atom is -0.299 e. The highest BCUT2D eigenvalue weighted by Gasteiger charge is 2.39. The third-order valence-corrected chi connectivity index (χ3v) is 2.56. The Labute approximate surface area is 105 Å². The van der Waals surface area contributed by atoms with Crippen molar-refractivity contribution in [1.82, 2.24) is 19.7 Å². The number of anilines is 1. The summed E-state index contributed by atoms with van der Waals surface area (Å²) in [6.07, 6.45) is -4.98. The molecule has 0 fully saturated rings. The van der Waals surface area contributed by atoms with Crippen LogP contribution in [0.25, 0.3) is 11.2 Å². The first kappa shape index (κ1) is 13.2. The number of carbonyl (C=O) groups is 1. The van der Waals surface area contributed by atoms with Gasteiger partial charge in [-0.2, -0.15) is 18.3 Å². The summed E-state index contributed by atoms with van der Waals surface area (Å²) in [7, 11) is 1.51. The zero-order valence-corrected chi connectivity index (χ0v) is 10.3. The Bertz CT molecular complexity index is 661. The molecule has 0 aliphatic rings. The van der Waals surface area contributed by atoms with Gasteiger partial charge in [0.05, 0.1) is 11.4 Å². The van der Waals surface area contributed by atoms with E-state index in [-0.39, 0.29) is 11.3 Å². The number of amides is 1. The van der Waals surface area contributed by atoms with Crippen molar-refractivity contribution in [3.8, 4) is 0 Å². The fourth-order valence-corrected chi connectivity index (χ4v) is 1.48. The van der Waals surface area contributed by atoms with E-state index < -0.39 is 12.1 Å². The molecule has 9 heteroatoms. The van der Waals surface area contributed by atoms with Gasteiger partial charge in [-0.3, -0.25) is 10.1 Å². The number of fused-ring (bicyclic) bond motifs is 1. The van der Waals surface area contributed by atoms with E-state index in [4.69, 9.17) is 0 Å². The van der Waals surface area contributed by atoms with Crippen molar-refractivity contribution in [3.05, 3.63) is 11.4 Å². The number of alkyl halides is 3. The van der Waals surface area contributed by atoms with Crippen LogP contribution in [-0.4, -0.2) is 31.8 Å². The lowest BCUT2D eigenvalue weighted by atomic mass is 10.3. The van der Waals surface area contributed by atoms with E-state index in [9.17, 15) is 18.0 Å². The van der Waals surface area contributed by atoms with Crippen LogP contribution in [0.1, 0.15) is 11.4 Å². The van der Waals surface area contributed by atoms with Gasteiger partial charge in [-0.25, -0.2) is 14.6 Å². The van der Waals surface area contributed by atoms with Crippen molar-refractivity contribution in [2.75, 3.05) is 5.32 Å². The molecule has 2 heterocycles. The topological polar surface area (TPSA) is 72.7 Å². The van der Waals surface area contributed by atoms with E-state index in [1.54, 1.807) is 19.2 Å². The fraction of sp³-hybridized carbons (Fsp3) is 0.400. The van der Waals surface area contributed by atoms with Crippen LogP contribution < -0.4 is 5.32 Å². The van der Waals surface area contributed by atoms with Gasteiger partial charge in [-0.05, 0) is 13.8 Å². The van der Waals surface area contributed by atoms with Gasteiger partial charge in [-0.1, -0.05) is 0 Å². The van der Waals surface area contributed by atoms with Gasteiger partial charge in [0.15, 0.2) is 17.0 Å². The molecule has 102 valence electrons. The molecule has 1 amide bonds. The van der Waals surface area contributed by atoms with Gasteiger partial charge >= 0.3 is 12.1 Å². The smallest absolute Gasteiger partial charge is 0.299 e. The summed E-state index contributed by atoms with van der Waals surface area (Å²) in [5, 5.41) is 5.48. The van der Waals surface area contributed by atoms with E-state index in [1.165, 1.54) is 11.7 Å². The zero-order chi connectivity index (χ0) is 14.4. The molecule has 0 aromatic carbocycles. The summed E-state index contributed by atoms with van der Waals surface area (Å²) >= 11 is 0. The first-order chi connectivity index (χ1) is 8.70. The summed E-state index contributed by atoms with van der Waals surface area (Å²) < 4.78 is 37.9. The van der Waals surface area contributed by atoms with Gasteiger partial charge < -0.3 is 0 Å². The Morgan fingerprint density at radius 2 is 1.79 bits per heavy atom.